The first-order valence-electron chi connectivity index (χ1n) is 10.9. The Labute approximate surface area is 173 Å². The van der Waals surface area contributed by atoms with Crippen molar-refractivity contribution in [3.8, 4) is 11.5 Å². The van der Waals surface area contributed by atoms with E-state index in [1.807, 2.05) is 0 Å². The first kappa shape index (κ1) is 21.2. The molecule has 0 saturated carbocycles. The monoisotopic (exact) mass is 394 g/mol. The van der Waals surface area contributed by atoms with Crippen molar-refractivity contribution >= 4 is 19.0 Å². The van der Waals surface area contributed by atoms with Crippen molar-refractivity contribution in [2.45, 2.75) is 78.1 Å². The van der Waals surface area contributed by atoms with Crippen LogP contribution < -0.4 is 0 Å². The Morgan fingerprint density at radius 3 is 2.14 bits per heavy atom. The van der Waals surface area contributed by atoms with Gasteiger partial charge in [-0.05, 0) is 53.9 Å². The van der Waals surface area contributed by atoms with Gasteiger partial charge >= 0.3 is 0 Å². The fourth-order valence-corrected chi connectivity index (χ4v) is 10.9. The summed E-state index contributed by atoms with van der Waals surface area (Å²) in [6.07, 6.45) is 1.13. The van der Waals surface area contributed by atoms with Gasteiger partial charge in [0.05, 0.1) is 5.52 Å². The second kappa shape index (κ2) is 7.73. The summed E-state index contributed by atoms with van der Waals surface area (Å²) in [6, 6.07) is 4.68. The Morgan fingerprint density at radius 1 is 0.964 bits per heavy atom. The number of hydrogen-bond donors (Lipinski definition) is 0. The Bertz CT molecular complexity index is 915. The molecule has 28 heavy (non-hydrogen) atoms. The fraction of sp³-hybridized carbons (Fsp3) is 0.600. The van der Waals surface area contributed by atoms with Gasteiger partial charge in [-0.25, -0.2) is 0 Å². The van der Waals surface area contributed by atoms with E-state index in [2.05, 4.69) is 95.6 Å². The van der Waals surface area contributed by atoms with Gasteiger partial charge < -0.3 is 9.47 Å². The number of aryl methyl sites for hydroxylation is 2. The van der Waals surface area contributed by atoms with Gasteiger partial charge in [0.25, 0.3) is 0 Å². The van der Waals surface area contributed by atoms with Crippen LogP contribution >= 0.6 is 0 Å². The van der Waals surface area contributed by atoms with E-state index in [0.717, 1.165) is 19.5 Å². The highest BCUT2D eigenvalue weighted by Gasteiger charge is 2.41. The zero-order valence-electron chi connectivity index (χ0n) is 19.4. The smallest absolute Gasteiger partial charge is 0.146 e. The summed E-state index contributed by atoms with van der Waals surface area (Å²) >= 11 is 0. The summed E-state index contributed by atoms with van der Waals surface area (Å²) in [6.45, 7) is 18.8. The Morgan fingerprint density at radius 2 is 1.57 bits per heavy atom. The molecule has 0 aliphatic carbocycles. The van der Waals surface area contributed by atoms with Crippen molar-refractivity contribution in [2.75, 3.05) is 13.6 Å². The molecule has 2 nitrogen and oxygen atoms in total. The minimum absolute atomic E-state index is 0.663. The highest BCUT2D eigenvalue weighted by atomic mass is 28.3. The summed E-state index contributed by atoms with van der Waals surface area (Å²) in [4.78, 5) is 2.43. The zero-order valence-corrected chi connectivity index (χ0v) is 20.4. The number of benzene rings is 1. The van der Waals surface area contributed by atoms with Gasteiger partial charge in [0.1, 0.15) is 8.07 Å². The third kappa shape index (κ3) is 3.35. The van der Waals surface area contributed by atoms with Crippen LogP contribution in [0.4, 0.5) is 0 Å². The average Bonchev–Trinajstić information content (AvgIpc) is 2.86. The van der Waals surface area contributed by atoms with Crippen LogP contribution in [0.3, 0.4) is 0 Å². The maximum atomic E-state index is 3.95. The minimum Gasteiger partial charge on any atom is -0.346 e. The molecule has 0 fully saturated rings. The molecule has 1 aromatic carbocycles. The Kier molecular flexibility index (Phi) is 5.85. The third-order valence-corrected chi connectivity index (χ3v) is 13.4. The number of fused-ring (bicyclic) bond motifs is 3. The molecule has 0 saturated heterocycles. The zero-order chi connectivity index (χ0) is 20.8. The lowest BCUT2D eigenvalue weighted by Gasteiger charge is -2.38. The lowest BCUT2D eigenvalue weighted by Crippen LogP contribution is -2.43. The number of likely N-dealkylation sites (N-methyl/N-ethyl adjacent to an activating group) is 1. The molecule has 1 aliphatic heterocycles. The highest BCUT2D eigenvalue weighted by Crippen LogP contribution is 2.41. The predicted molar refractivity (Wildman–Crippen MR) is 126 cm³/mol. The van der Waals surface area contributed by atoms with Crippen LogP contribution in [-0.2, 0) is 20.0 Å². The standard InChI is InChI=1S/C25H38N2Si/c1-17(2)28(18(3)4,19(5)6)13-11-21-14-20(7)15-22-23-16-26(8)12-10-24(23)27(9)25(21)22/h14-15,17-19H,10,12,16H2,1-9H3. The van der Waals surface area contributed by atoms with Crippen LogP contribution in [0.15, 0.2) is 12.1 Å². The van der Waals surface area contributed by atoms with E-state index in [9.17, 15) is 0 Å². The van der Waals surface area contributed by atoms with E-state index < -0.39 is 8.07 Å². The molecule has 3 heteroatoms. The molecule has 0 spiro atoms. The van der Waals surface area contributed by atoms with Crippen molar-refractivity contribution in [2.24, 2.45) is 7.05 Å². The topological polar surface area (TPSA) is 8.17 Å². The first-order chi connectivity index (χ1) is 13.1. The molecule has 0 amide bonds. The van der Waals surface area contributed by atoms with Gasteiger partial charge in [0.2, 0.25) is 0 Å². The number of hydrogen-bond acceptors (Lipinski definition) is 1. The van der Waals surface area contributed by atoms with E-state index in [1.54, 1.807) is 0 Å². The van der Waals surface area contributed by atoms with Crippen molar-refractivity contribution in [3.05, 3.63) is 34.5 Å². The summed E-state index contributed by atoms with van der Waals surface area (Å²) in [5.74, 6) is 3.75. The first-order valence-corrected chi connectivity index (χ1v) is 13.1. The fourth-order valence-electron chi connectivity index (χ4n) is 5.71. The number of nitrogens with zero attached hydrogens (tertiary/aromatic N) is 2. The molecule has 1 aliphatic rings. The van der Waals surface area contributed by atoms with Crippen LogP contribution in [-0.4, -0.2) is 31.1 Å². The van der Waals surface area contributed by atoms with Crippen LogP contribution in [0.5, 0.6) is 0 Å². The SMILES string of the molecule is Cc1cc(C#C[Si](C(C)C)(C(C)C)C(C)C)c2c(c1)c1c(n2C)CCN(C)C1. The Balaban J connectivity index is 2.25. The summed E-state index contributed by atoms with van der Waals surface area (Å²) < 4.78 is 2.43. The van der Waals surface area contributed by atoms with Crippen molar-refractivity contribution in [3.63, 3.8) is 0 Å². The van der Waals surface area contributed by atoms with Crippen LogP contribution in [0.1, 0.15) is 63.9 Å². The molecule has 2 aromatic rings. The molecule has 0 atom stereocenters. The molecule has 1 aromatic heterocycles. The van der Waals surface area contributed by atoms with E-state index >= 15 is 0 Å². The normalized spacial score (nSPS) is 15.4. The van der Waals surface area contributed by atoms with Crippen LogP contribution in [0.2, 0.25) is 16.6 Å². The lowest BCUT2D eigenvalue weighted by molar-refractivity contribution is 0.310. The number of aromatic nitrogens is 1. The summed E-state index contributed by atoms with van der Waals surface area (Å²) in [5, 5.41) is 1.42. The third-order valence-electron chi connectivity index (χ3n) is 7.11. The lowest BCUT2D eigenvalue weighted by atomic mass is 10.0. The molecular weight excluding hydrogens is 356 g/mol. The minimum atomic E-state index is -1.73. The van der Waals surface area contributed by atoms with Crippen LogP contribution in [0, 0.1) is 18.4 Å². The second-order valence-electron chi connectivity index (χ2n) is 9.83. The van der Waals surface area contributed by atoms with E-state index in [0.29, 0.717) is 16.6 Å². The summed E-state index contributed by atoms with van der Waals surface area (Å²) in [5.41, 5.74) is 12.8. The Hall–Kier alpha value is -1.50. The molecule has 0 unspecified atom stereocenters. The van der Waals surface area contributed by atoms with Gasteiger partial charge in [-0.2, -0.15) is 0 Å². The van der Waals surface area contributed by atoms with Crippen molar-refractivity contribution in [1.82, 2.24) is 9.47 Å². The summed E-state index contributed by atoms with van der Waals surface area (Å²) in [7, 11) is 2.74. The largest absolute Gasteiger partial charge is 0.346 e. The molecular formula is C25H38N2Si. The van der Waals surface area contributed by atoms with Crippen molar-refractivity contribution < 1.29 is 0 Å². The average molecular weight is 395 g/mol. The van der Waals surface area contributed by atoms with Gasteiger partial charge in [-0.3, -0.25) is 0 Å². The molecule has 0 N–H and O–H groups in total. The van der Waals surface area contributed by atoms with E-state index in [4.69, 9.17) is 0 Å². The molecule has 2 heterocycles. The molecule has 0 bridgehead atoms. The van der Waals surface area contributed by atoms with Gasteiger partial charge in [-0.1, -0.05) is 47.5 Å². The molecule has 0 radical (unpaired) electrons. The van der Waals surface area contributed by atoms with Gasteiger partial charge in [-0.15, -0.1) is 5.54 Å². The number of rotatable bonds is 3. The molecule has 3 rings (SSSR count). The maximum absolute atomic E-state index is 3.95. The van der Waals surface area contributed by atoms with Crippen molar-refractivity contribution in [1.29, 1.82) is 0 Å². The molecule has 152 valence electrons. The second-order valence-corrected chi connectivity index (χ2v) is 15.4. The van der Waals surface area contributed by atoms with E-state index in [1.165, 1.54) is 33.3 Å². The maximum Gasteiger partial charge on any atom is 0.146 e. The van der Waals surface area contributed by atoms with E-state index in [-0.39, 0.29) is 0 Å². The van der Waals surface area contributed by atoms with Crippen LogP contribution in [0.25, 0.3) is 10.9 Å². The van der Waals surface area contributed by atoms with Gasteiger partial charge in [0.15, 0.2) is 0 Å². The quantitative estimate of drug-likeness (QED) is 0.455. The van der Waals surface area contributed by atoms with Gasteiger partial charge in [0, 0.05) is 43.2 Å². The highest BCUT2D eigenvalue weighted by molar-refractivity contribution is 6.90. The predicted octanol–water partition coefficient (Wildman–Crippen LogP) is 6.04.